The van der Waals surface area contributed by atoms with E-state index in [0.717, 1.165) is 17.0 Å². The number of hydrogen-bond acceptors (Lipinski definition) is 7. The maximum Gasteiger partial charge on any atom is 0.410 e. The summed E-state index contributed by atoms with van der Waals surface area (Å²) in [5, 5.41) is 4.25. The van der Waals surface area contributed by atoms with Crippen molar-refractivity contribution in [2.75, 3.05) is 20.8 Å². The molecule has 4 rings (SSSR count). The first kappa shape index (κ1) is 28.6. The number of imidazole rings is 1. The van der Waals surface area contributed by atoms with Gasteiger partial charge in [0.2, 0.25) is 0 Å². The lowest BCUT2D eigenvalue weighted by atomic mass is 10.1. The van der Waals surface area contributed by atoms with Crippen LogP contribution in [-0.4, -0.2) is 62.5 Å². The molecule has 0 atom stereocenters. The highest BCUT2D eigenvalue weighted by atomic mass is 19.1. The third-order valence-corrected chi connectivity index (χ3v) is 6.39. The van der Waals surface area contributed by atoms with Gasteiger partial charge in [0.1, 0.15) is 22.8 Å². The Morgan fingerprint density at radius 3 is 2.60 bits per heavy atom. The van der Waals surface area contributed by atoms with Gasteiger partial charge in [0.05, 0.1) is 32.2 Å². The summed E-state index contributed by atoms with van der Waals surface area (Å²) in [6.07, 6.45) is 3.52. The van der Waals surface area contributed by atoms with Crippen molar-refractivity contribution in [2.24, 2.45) is 7.05 Å². The molecule has 1 amide bonds. The molecule has 0 fully saturated rings. The van der Waals surface area contributed by atoms with Gasteiger partial charge in [0.25, 0.3) is 0 Å². The highest BCUT2D eigenvalue weighted by Crippen LogP contribution is 2.32. The molecular weight excluding hydrogens is 517 g/mol. The molecule has 11 heteroatoms. The van der Waals surface area contributed by atoms with Crippen molar-refractivity contribution in [3.63, 3.8) is 0 Å². The number of nitrogens with zero attached hydrogens (tertiary/aromatic N) is 5. The summed E-state index contributed by atoms with van der Waals surface area (Å²) in [5.41, 5.74) is 4.09. The molecule has 0 aliphatic heterocycles. The van der Waals surface area contributed by atoms with Crippen LogP contribution in [0.3, 0.4) is 0 Å². The minimum atomic E-state index is -0.604. The fourth-order valence-corrected chi connectivity index (χ4v) is 4.28. The molecule has 0 saturated heterocycles. The molecule has 0 saturated carbocycles. The van der Waals surface area contributed by atoms with Crippen LogP contribution in [0.25, 0.3) is 16.8 Å². The van der Waals surface area contributed by atoms with E-state index in [1.807, 2.05) is 50.4 Å². The second-order valence-corrected chi connectivity index (χ2v) is 10.5. The van der Waals surface area contributed by atoms with Crippen LogP contribution in [-0.2, 0) is 29.5 Å². The molecule has 0 N–H and O–H groups in total. The van der Waals surface area contributed by atoms with Crippen LogP contribution < -0.4 is 4.74 Å². The average molecular weight is 552 g/mol. The van der Waals surface area contributed by atoms with Gasteiger partial charge in [0, 0.05) is 55.2 Å². The zero-order valence-electron chi connectivity index (χ0n) is 23.8. The Hall–Kier alpha value is -4.41. The number of benzene rings is 1. The number of aryl methyl sites for hydroxylation is 1. The maximum absolute atomic E-state index is 14.3. The number of amides is 1. The number of methoxy groups -OCH3 is 1. The van der Waals surface area contributed by atoms with Crippen LogP contribution in [0.4, 0.5) is 9.18 Å². The van der Waals surface area contributed by atoms with Gasteiger partial charge in [-0.15, -0.1) is 0 Å². The Kier molecular flexibility index (Phi) is 8.13. The normalized spacial score (nSPS) is 11.5. The van der Waals surface area contributed by atoms with Crippen LogP contribution in [0, 0.1) is 12.7 Å². The highest BCUT2D eigenvalue weighted by Gasteiger charge is 2.22. The van der Waals surface area contributed by atoms with Crippen LogP contribution >= 0.6 is 0 Å². The minimum Gasteiger partial charge on any atom is -0.492 e. The van der Waals surface area contributed by atoms with Gasteiger partial charge in [-0.05, 0) is 52.0 Å². The lowest BCUT2D eigenvalue weighted by Gasteiger charge is -2.24. The van der Waals surface area contributed by atoms with E-state index in [1.165, 1.54) is 24.1 Å². The summed E-state index contributed by atoms with van der Waals surface area (Å²) in [7, 11) is 4.73. The third kappa shape index (κ3) is 6.24. The number of halogens is 1. The fraction of sp³-hybridized carbons (Fsp3) is 0.379. The van der Waals surface area contributed by atoms with Crippen LogP contribution in [0.1, 0.15) is 48.2 Å². The van der Waals surface area contributed by atoms with Crippen molar-refractivity contribution in [1.82, 2.24) is 24.1 Å². The molecule has 10 nitrogen and oxygen atoms in total. The first-order valence-electron chi connectivity index (χ1n) is 12.8. The Labute approximate surface area is 232 Å². The molecule has 212 valence electrons. The van der Waals surface area contributed by atoms with E-state index in [9.17, 15) is 14.0 Å². The van der Waals surface area contributed by atoms with Gasteiger partial charge in [0.15, 0.2) is 5.69 Å². The van der Waals surface area contributed by atoms with E-state index in [4.69, 9.17) is 14.2 Å². The van der Waals surface area contributed by atoms with E-state index in [1.54, 1.807) is 31.0 Å². The van der Waals surface area contributed by atoms with Gasteiger partial charge in [-0.3, -0.25) is 4.68 Å². The number of aromatic nitrogens is 4. The Morgan fingerprint density at radius 1 is 1.15 bits per heavy atom. The topological polar surface area (TPSA) is 100 Å². The molecule has 3 heterocycles. The van der Waals surface area contributed by atoms with Crippen molar-refractivity contribution in [1.29, 1.82) is 0 Å². The van der Waals surface area contributed by atoms with Gasteiger partial charge < -0.3 is 23.5 Å². The second-order valence-electron chi connectivity index (χ2n) is 10.5. The Balaban J connectivity index is 1.58. The second kappa shape index (κ2) is 11.4. The lowest BCUT2D eigenvalue weighted by Crippen LogP contribution is -2.34. The monoisotopic (exact) mass is 551 g/mol. The van der Waals surface area contributed by atoms with Crippen molar-refractivity contribution in [2.45, 2.75) is 46.3 Å². The predicted octanol–water partition coefficient (Wildman–Crippen LogP) is 4.96. The molecule has 0 unspecified atom stereocenters. The van der Waals surface area contributed by atoms with Crippen molar-refractivity contribution < 1.29 is 28.2 Å². The molecule has 0 bridgehead atoms. The van der Waals surface area contributed by atoms with Gasteiger partial charge in [-0.1, -0.05) is 0 Å². The molecule has 4 aromatic rings. The summed E-state index contributed by atoms with van der Waals surface area (Å²) in [6, 6.07) is 8.09. The summed E-state index contributed by atoms with van der Waals surface area (Å²) >= 11 is 0. The first-order chi connectivity index (χ1) is 18.9. The fourth-order valence-electron chi connectivity index (χ4n) is 4.28. The average Bonchev–Trinajstić information content (AvgIpc) is 3.42. The lowest BCUT2D eigenvalue weighted by molar-refractivity contribution is 0.0282. The van der Waals surface area contributed by atoms with E-state index >= 15 is 0 Å². The van der Waals surface area contributed by atoms with E-state index in [0.29, 0.717) is 28.9 Å². The van der Waals surface area contributed by atoms with Crippen LogP contribution in [0.5, 0.6) is 5.75 Å². The van der Waals surface area contributed by atoms with Gasteiger partial charge >= 0.3 is 12.1 Å². The SMILES string of the molecule is COC(=O)c1nn(C)c(C)c1CCOc1cc(F)ccc1-c1ccc2ncc(CN(C)C(=O)OC(C)(C)C)n2c1. The predicted molar refractivity (Wildman–Crippen MR) is 147 cm³/mol. The Morgan fingerprint density at radius 2 is 1.90 bits per heavy atom. The molecule has 40 heavy (non-hydrogen) atoms. The van der Waals surface area contributed by atoms with Crippen LogP contribution in [0.2, 0.25) is 0 Å². The van der Waals surface area contributed by atoms with Gasteiger partial charge in [-0.2, -0.15) is 5.10 Å². The number of carbonyl (C=O) groups excluding carboxylic acids is 2. The molecule has 3 aromatic heterocycles. The number of esters is 1. The Bertz CT molecular complexity index is 1550. The van der Waals surface area contributed by atoms with E-state index in [-0.39, 0.29) is 18.8 Å². The third-order valence-electron chi connectivity index (χ3n) is 6.39. The smallest absolute Gasteiger partial charge is 0.410 e. The summed E-state index contributed by atoms with van der Waals surface area (Å²) in [6.45, 7) is 7.78. The van der Waals surface area contributed by atoms with Crippen LogP contribution in [0.15, 0.2) is 42.7 Å². The number of rotatable bonds is 8. The molecule has 0 aliphatic rings. The zero-order valence-corrected chi connectivity index (χ0v) is 23.8. The minimum absolute atomic E-state index is 0.187. The molecule has 0 spiro atoms. The standard InChI is InChI=1S/C29H34FN5O5/c1-18-22(26(27(36)38-7)32-34(18)6)12-13-39-24-14-20(30)9-10-23(24)19-8-11-25-31-15-21(35(25)16-19)17-33(5)28(37)40-29(2,3)4/h8-11,14-16H,12-13,17H2,1-7H3. The molecular formula is C29H34FN5O5. The van der Waals surface area contributed by atoms with E-state index in [2.05, 4.69) is 10.1 Å². The zero-order chi connectivity index (χ0) is 29.2. The summed E-state index contributed by atoms with van der Waals surface area (Å²) in [5.74, 6) is -0.602. The maximum atomic E-state index is 14.3. The molecule has 0 radical (unpaired) electrons. The van der Waals surface area contributed by atoms with Crippen molar-refractivity contribution >= 4 is 17.7 Å². The number of ether oxygens (including phenoxy) is 3. The van der Waals surface area contributed by atoms with Crippen molar-refractivity contribution in [3.05, 3.63) is 71.2 Å². The quantitative estimate of drug-likeness (QED) is 0.286. The highest BCUT2D eigenvalue weighted by molar-refractivity contribution is 5.89. The van der Waals surface area contributed by atoms with E-state index < -0.39 is 23.5 Å². The number of carbonyl (C=O) groups is 2. The summed E-state index contributed by atoms with van der Waals surface area (Å²) < 4.78 is 34.1. The number of fused-ring (bicyclic) bond motifs is 1. The number of hydrogen-bond donors (Lipinski definition) is 0. The largest absolute Gasteiger partial charge is 0.492 e. The molecule has 1 aromatic carbocycles. The van der Waals surface area contributed by atoms with Crippen molar-refractivity contribution in [3.8, 4) is 16.9 Å². The molecule has 0 aliphatic carbocycles. The summed E-state index contributed by atoms with van der Waals surface area (Å²) in [4.78, 5) is 30.6. The number of pyridine rings is 1. The first-order valence-corrected chi connectivity index (χ1v) is 12.8. The van der Waals surface area contributed by atoms with Gasteiger partial charge in [-0.25, -0.2) is 19.0 Å².